The Morgan fingerprint density at radius 2 is 2.11 bits per heavy atom. The Balaban J connectivity index is 1.61. The van der Waals surface area contributed by atoms with Crippen molar-refractivity contribution in [3.05, 3.63) is 0 Å². The molecule has 2 rings (SSSR count). The molecule has 1 heterocycles. The Morgan fingerprint density at radius 3 is 2.83 bits per heavy atom. The van der Waals surface area contributed by atoms with Gasteiger partial charge >= 0.3 is 0 Å². The van der Waals surface area contributed by atoms with Gasteiger partial charge in [0.25, 0.3) is 0 Å². The van der Waals surface area contributed by atoms with Gasteiger partial charge in [-0.3, -0.25) is 4.79 Å². The van der Waals surface area contributed by atoms with Crippen molar-refractivity contribution in [3.63, 3.8) is 0 Å². The fraction of sp³-hybridized carbons (Fsp3) is 0.929. The summed E-state index contributed by atoms with van der Waals surface area (Å²) < 4.78 is 0. The quantitative estimate of drug-likeness (QED) is 0.789. The van der Waals surface area contributed by atoms with E-state index in [-0.39, 0.29) is 5.91 Å². The van der Waals surface area contributed by atoms with E-state index in [2.05, 4.69) is 22.5 Å². The van der Waals surface area contributed by atoms with Crippen molar-refractivity contribution in [2.24, 2.45) is 0 Å². The number of rotatable bonds is 4. The maximum atomic E-state index is 11.9. The molecule has 1 aliphatic carbocycles. The minimum Gasteiger partial charge on any atom is -0.353 e. The van der Waals surface area contributed by atoms with Crippen LogP contribution in [-0.4, -0.2) is 49.1 Å². The zero-order valence-corrected chi connectivity index (χ0v) is 11.6. The van der Waals surface area contributed by atoms with Crippen LogP contribution in [0.3, 0.4) is 0 Å². The minimum atomic E-state index is 0.244. The van der Waals surface area contributed by atoms with E-state index >= 15 is 0 Å². The van der Waals surface area contributed by atoms with Crippen LogP contribution in [0.4, 0.5) is 0 Å². The van der Waals surface area contributed by atoms with Gasteiger partial charge in [0.05, 0.1) is 0 Å². The van der Waals surface area contributed by atoms with Crippen LogP contribution in [0.1, 0.15) is 45.4 Å². The molecule has 0 aromatic carbocycles. The number of hydrogen-bond donors (Lipinski definition) is 2. The van der Waals surface area contributed by atoms with Gasteiger partial charge in [-0.25, -0.2) is 0 Å². The van der Waals surface area contributed by atoms with E-state index < -0.39 is 0 Å². The second kappa shape index (κ2) is 7.10. The lowest BCUT2D eigenvalue weighted by molar-refractivity contribution is -0.122. The Kier molecular flexibility index (Phi) is 5.45. The van der Waals surface area contributed by atoms with E-state index in [1.165, 1.54) is 32.1 Å². The van der Waals surface area contributed by atoms with Crippen LogP contribution in [0.5, 0.6) is 0 Å². The smallest absolute Gasteiger partial charge is 0.221 e. The summed E-state index contributed by atoms with van der Waals surface area (Å²) in [7, 11) is 0. The highest BCUT2D eigenvalue weighted by Crippen LogP contribution is 2.17. The molecule has 0 spiro atoms. The predicted molar refractivity (Wildman–Crippen MR) is 73.5 cm³/mol. The number of piperazine rings is 1. The molecule has 2 aliphatic rings. The monoisotopic (exact) mass is 253 g/mol. The zero-order chi connectivity index (χ0) is 12.8. The van der Waals surface area contributed by atoms with Crippen molar-refractivity contribution in [1.82, 2.24) is 15.5 Å². The highest BCUT2D eigenvalue weighted by molar-refractivity contribution is 5.76. The van der Waals surface area contributed by atoms with Crippen LogP contribution >= 0.6 is 0 Å². The normalized spacial score (nSPS) is 27.1. The van der Waals surface area contributed by atoms with E-state index in [1.807, 2.05) is 0 Å². The van der Waals surface area contributed by atoms with E-state index in [0.717, 1.165) is 26.2 Å². The lowest BCUT2D eigenvalue weighted by Gasteiger charge is -2.31. The Bertz CT molecular complexity index is 264. The fourth-order valence-corrected chi connectivity index (χ4v) is 3.02. The van der Waals surface area contributed by atoms with E-state index in [1.54, 1.807) is 0 Å². The molecule has 4 heteroatoms. The summed E-state index contributed by atoms with van der Waals surface area (Å²) in [6, 6.07) is 1.01. The molecule has 1 saturated carbocycles. The van der Waals surface area contributed by atoms with Gasteiger partial charge < -0.3 is 15.5 Å². The number of nitrogens with one attached hydrogen (secondary N) is 2. The molecule has 0 aromatic heterocycles. The van der Waals surface area contributed by atoms with Crippen molar-refractivity contribution in [2.45, 2.75) is 57.5 Å². The van der Waals surface area contributed by atoms with Gasteiger partial charge in [-0.15, -0.1) is 0 Å². The lowest BCUT2D eigenvalue weighted by Crippen LogP contribution is -2.50. The minimum absolute atomic E-state index is 0.244. The molecule has 0 aromatic rings. The topological polar surface area (TPSA) is 44.4 Å². The van der Waals surface area contributed by atoms with Gasteiger partial charge in [-0.2, -0.15) is 0 Å². The zero-order valence-electron chi connectivity index (χ0n) is 11.6. The van der Waals surface area contributed by atoms with Gasteiger partial charge in [-0.05, 0) is 19.8 Å². The van der Waals surface area contributed by atoms with Crippen LogP contribution < -0.4 is 10.6 Å². The lowest BCUT2D eigenvalue weighted by atomic mass is 9.95. The summed E-state index contributed by atoms with van der Waals surface area (Å²) in [6.07, 6.45) is 6.90. The number of carbonyl (C=O) groups excluding carboxylic acids is 1. The van der Waals surface area contributed by atoms with Gasteiger partial charge in [0.2, 0.25) is 5.91 Å². The molecule has 1 atom stereocenters. The van der Waals surface area contributed by atoms with Crippen LogP contribution in [0.25, 0.3) is 0 Å². The summed E-state index contributed by atoms with van der Waals surface area (Å²) in [5, 5.41) is 6.61. The molecule has 0 bridgehead atoms. The fourth-order valence-electron chi connectivity index (χ4n) is 3.02. The predicted octanol–water partition coefficient (Wildman–Crippen LogP) is 1.12. The largest absolute Gasteiger partial charge is 0.353 e. The first-order chi connectivity index (χ1) is 8.74. The molecule has 1 aliphatic heterocycles. The highest BCUT2D eigenvalue weighted by atomic mass is 16.1. The van der Waals surface area contributed by atoms with Crippen molar-refractivity contribution < 1.29 is 4.79 Å². The molecular weight excluding hydrogens is 226 g/mol. The summed E-state index contributed by atoms with van der Waals surface area (Å²) in [5.74, 6) is 0.244. The number of hydrogen-bond acceptors (Lipinski definition) is 3. The second-order valence-electron chi connectivity index (χ2n) is 5.81. The number of nitrogens with zero attached hydrogens (tertiary/aromatic N) is 1. The molecule has 2 N–H and O–H groups in total. The molecule has 104 valence electrons. The third-order valence-corrected chi connectivity index (χ3v) is 4.08. The van der Waals surface area contributed by atoms with Gasteiger partial charge in [0.1, 0.15) is 0 Å². The molecule has 0 unspecified atom stereocenters. The Hall–Kier alpha value is -0.610. The maximum absolute atomic E-state index is 11.9. The average Bonchev–Trinajstić information content (AvgIpc) is 2.38. The van der Waals surface area contributed by atoms with E-state index in [0.29, 0.717) is 18.5 Å². The van der Waals surface area contributed by atoms with E-state index in [9.17, 15) is 4.79 Å². The summed E-state index contributed by atoms with van der Waals surface area (Å²) in [4.78, 5) is 14.3. The average molecular weight is 253 g/mol. The molecule has 0 radical (unpaired) electrons. The molecule has 1 saturated heterocycles. The molecule has 2 fully saturated rings. The van der Waals surface area contributed by atoms with Crippen molar-refractivity contribution >= 4 is 5.91 Å². The number of carbonyl (C=O) groups is 1. The van der Waals surface area contributed by atoms with Gasteiger partial charge in [0.15, 0.2) is 0 Å². The third-order valence-electron chi connectivity index (χ3n) is 4.08. The molecule has 18 heavy (non-hydrogen) atoms. The first-order valence-corrected chi connectivity index (χ1v) is 7.49. The van der Waals surface area contributed by atoms with Crippen molar-refractivity contribution in [2.75, 3.05) is 26.2 Å². The Morgan fingerprint density at radius 1 is 1.33 bits per heavy atom. The third kappa shape index (κ3) is 4.58. The van der Waals surface area contributed by atoms with Crippen LogP contribution in [0, 0.1) is 0 Å². The molecule has 4 nitrogen and oxygen atoms in total. The highest BCUT2D eigenvalue weighted by Gasteiger charge is 2.18. The molecular formula is C14H27N3O. The maximum Gasteiger partial charge on any atom is 0.221 e. The summed E-state index contributed by atoms with van der Waals surface area (Å²) in [6.45, 7) is 6.29. The molecule has 1 amide bonds. The van der Waals surface area contributed by atoms with Crippen LogP contribution in [-0.2, 0) is 4.79 Å². The van der Waals surface area contributed by atoms with Crippen molar-refractivity contribution in [3.8, 4) is 0 Å². The summed E-state index contributed by atoms with van der Waals surface area (Å²) >= 11 is 0. The van der Waals surface area contributed by atoms with Gasteiger partial charge in [-0.1, -0.05) is 19.3 Å². The standard InChI is InChI=1S/C14H27N3O/c1-12-11-17(10-8-15-12)9-7-14(18)16-13-5-3-2-4-6-13/h12-13,15H,2-11H2,1H3,(H,16,18)/t12-/m1/s1. The van der Waals surface area contributed by atoms with Crippen LogP contribution in [0.15, 0.2) is 0 Å². The van der Waals surface area contributed by atoms with Gasteiger partial charge in [0, 0.05) is 44.7 Å². The number of amides is 1. The first kappa shape index (κ1) is 13.8. The van der Waals surface area contributed by atoms with Crippen molar-refractivity contribution in [1.29, 1.82) is 0 Å². The summed E-state index contributed by atoms with van der Waals surface area (Å²) in [5.41, 5.74) is 0. The first-order valence-electron chi connectivity index (χ1n) is 7.49. The second-order valence-corrected chi connectivity index (χ2v) is 5.81. The van der Waals surface area contributed by atoms with E-state index in [4.69, 9.17) is 0 Å². The van der Waals surface area contributed by atoms with Crippen LogP contribution in [0.2, 0.25) is 0 Å². The SMILES string of the molecule is C[C@@H]1CN(CCC(=O)NC2CCCCC2)CCN1. The Labute approximate surface area is 110 Å².